The number of nitrogens with two attached hydrogens (primary N) is 2. The van der Waals surface area contributed by atoms with Gasteiger partial charge in [-0.3, -0.25) is 32.5 Å². The van der Waals surface area contributed by atoms with Gasteiger partial charge in [-0.25, -0.2) is 28.9 Å². The van der Waals surface area contributed by atoms with Crippen molar-refractivity contribution in [3.05, 3.63) is 29.3 Å². The van der Waals surface area contributed by atoms with E-state index in [0.717, 1.165) is 10.9 Å². The number of imidazole rings is 2. The molecule has 2 aliphatic heterocycles. The lowest BCUT2D eigenvalue weighted by molar-refractivity contribution is -0.0497. The van der Waals surface area contributed by atoms with E-state index < -0.39 is 76.9 Å². The van der Waals surface area contributed by atoms with E-state index in [1.807, 2.05) is 0 Å². The van der Waals surface area contributed by atoms with Crippen molar-refractivity contribution in [2.45, 2.75) is 49.5 Å². The second-order valence-corrected chi connectivity index (χ2v) is 13.4. The lowest BCUT2D eigenvalue weighted by atomic mass is 10.1. The smallest absolute Gasteiger partial charge is 0.386 e. The maximum Gasteiger partial charge on any atom is 0.386 e. The molecule has 0 saturated carbocycles. The van der Waals surface area contributed by atoms with E-state index in [1.54, 1.807) is 0 Å². The number of hydrogen-bond acceptors (Lipinski definition) is 16. The molecule has 7 N–H and O–H groups in total. The number of thiol groups is 1. The van der Waals surface area contributed by atoms with Crippen LogP contribution in [-0.2, 0) is 32.2 Å². The second-order valence-electron chi connectivity index (χ2n) is 9.73. The van der Waals surface area contributed by atoms with Gasteiger partial charge in [-0.05, 0) is 0 Å². The quantitative estimate of drug-likeness (QED) is 0.0939. The fourth-order valence-electron chi connectivity index (χ4n) is 4.97. The van der Waals surface area contributed by atoms with Crippen LogP contribution in [0.3, 0.4) is 0 Å². The van der Waals surface area contributed by atoms with Crippen LogP contribution < -0.4 is 17.0 Å². The summed E-state index contributed by atoms with van der Waals surface area (Å²) in [5.41, 5.74) is 11.1. The lowest BCUT2D eigenvalue weighted by Crippen LogP contribution is -2.33. The van der Waals surface area contributed by atoms with Crippen molar-refractivity contribution in [1.29, 1.82) is 0 Å². The molecule has 0 radical (unpaired) electrons. The third kappa shape index (κ3) is 5.97. The second kappa shape index (κ2) is 12.0. The van der Waals surface area contributed by atoms with Crippen molar-refractivity contribution in [3.8, 4) is 0 Å². The Hall–Kier alpha value is -3.04. The minimum Gasteiger partial charge on any atom is -0.388 e. The van der Waals surface area contributed by atoms with Gasteiger partial charge in [-0.2, -0.15) is 4.98 Å². The highest BCUT2D eigenvalue weighted by Crippen LogP contribution is 2.57. The topological polar surface area (TPSA) is 280 Å². The zero-order valence-corrected chi connectivity index (χ0v) is 24.9. The number of aliphatic hydroxyl groups excluding tert-OH is 1. The number of rotatable bonds is 10. The van der Waals surface area contributed by atoms with Crippen molar-refractivity contribution in [1.82, 2.24) is 39.0 Å². The summed E-state index contributed by atoms with van der Waals surface area (Å²) in [5.74, 6) is -0.123. The predicted molar refractivity (Wildman–Crippen MR) is 150 cm³/mol. The van der Waals surface area contributed by atoms with Gasteiger partial charge in [0.25, 0.3) is 5.56 Å². The highest BCUT2D eigenvalue weighted by molar-refractivity contribution is 8.44. The van der Waals surface area contributed by atoms with E-state index in [2.05, 4.69) is 42.2 Å². The van der Waals surface area contributed by atoms with Gasteiger partial charge in [0.1, 0.15) is 30.2 Å². The summed E-state index contributed by atoms with van der Waals surface area (Å²) in [7, 11) is -3.47. The number of anilines is 2. The summed E-state index contributed by atoms with van der Waals surface area (Å²) >= 11 is 3.97. The van der Waals surface area contributed by atoms with Gasteiger partial charge in [0, 0.05) is 6.42 Å². The molecular weight excluding hydrogens is 653 g/mol. The van der Waals surface area contributed by atoms with Crippen LogP contribution in [0.1, 0.15) is 18.9 Å². The van der Waals surface area contributed by atoms with Crippen molar-refractivity contribution >= 4 is 61.4 Å². The Labute approximate surface area is 250 Å². The molecule has 2 saturated heterocycles. The first-order chi connectivity index (χ1) is 20.9. The molecule has 238 valence electrons. The molecule has 6 heterocycles. The van der Waals surface area contributed by atoms with Crippen LogP contribution in [0.15, 0.2) is 23.8 Å². The zero-order valence-electron chi connectivity index (χ0n) is 22.1. The SMILES string of the molecule is Nc1nc2c(ncn2[C@@H]2O[C@H](CO[PH](=O)O)[C@@H](OP(=O)(S)OC[C@@H]3C[C@@H](O)[C@H](n4cnc5c(N)ncnc54)O3)[C@H]2F)c(=O)[nH]1. The van der Waals surface area contributed by atoms with E-state index in [0.29, 0.717) is 11.2 Å². The highest BCUT2D eigenvalue weighted by Gasteiger charge is 2.50. The molecular formula is C20H25FN10O10P2S. The molecule has 0 aliphatic carbocycles. The number of H-pyrrole nitrogens is 1. The fourth-order valence-corrected chi connectivity index (χ4v) is 6.77. The van der Waals surface area contributed by atoms with Crippen LogP contribution in [0.25, 0.3) is 22.3 Å². The van der Waals surface area contributed by atoms with E-state index in [1.165, 1.54) is 17.2 Å². The van der Waals surface area contributed by atoms with Crippen LogP contribution in [0.4, 0.5) is 16.2 Å². The number of nitrogens with one attached hydrogen (secondary N) is 1. The van der Waals surface area contributed by atoms with Crippen LogP contribution in [0, 0.1) is 0 Å². The van der Waals surface area contributed by atoms with E-state index >= 15 is 4.39 Å². The van der Waals surface area contributed by atoms with Gasteiger partial charge in [0.05, 0.1) is 32.0 Å². The van der Waals surface area contributed by atoms with Crippen LogP contribution in [0.5, 0.6) is 0 Å². The Kier molecular flexibility index (Phi) is 8.48. The maximum absolute atomic E-state index is 15.9. The molecule has 0 aromatic carbocycles. The molecule has 44 heavy (non-hydrogen) atoms. The largest absolute Gasteiger partial charge is 0.388 e. The van der Waals surface area contributed by atoms with Crippen molar-refractivity contribution in [2.24, 2.45) is 0 Å². The number of hydrogen-bond donors (Lipinski definition) is 6. The normalized spacial score (nSPS) is 29.4. The number of aliphatic hydroxyl groups is 1. The molecule has 20 nitrogen and oxygen atoms in total. The first-order valence-electron chi connectivity index (χ1n) is 12.7. The van der Waals surface area contributed by atoms with Crippen molar-refractivity contribution in [3.63, 3.8) is 0 Å². The van der Waals surface area contributed by atoms with Gasteiger partial charge in [-0.15, -0.1) is 0 Å². The average Bonchev–Trinajstić information content (AvgIpc) is 3.72. The number of nitrogens with zero attached hydrogens (tertiary/aromatic N) is 7. The highest BCUT2D eigenvalue weighted by atomic mass is 32.7. The van der Waals surface area contributed by atoms with Gasteiger partial charge in [0.15, 0.2) is 41.3 Å². The summed E-state index contributed by atoms with van der Waals surface area (Å²) in [5, 5.41) is 10.6. The number of aromatic nitrogens is 8. The minimum absolute atomic E-state index is 0.0449. The zero-order chi connectivity index (χ0) is 31.3. The molecule has 24 heteroatoms. The fraction of sp³-hybridized carbons (Fsp3) is 0.500. The summed E-state index contributed by atoms with van der Waals surface area (Å²) in [4.78, 5) is 43.6. The third-order valence-electron chi connectivity index (χ3n) is 6.87. The molecule has 6 rings (SSSR count). The molecule has 2 fully saturated rings. The molecule has 2 aliphatic rings. The number of aromatic amines is 1. The van der Waals surface area contributed by atoms with E-state index in [-0.39, 0.29) is 29.4 Å². The number of alkyl halides is 1. The van der Waals surface area contributed by atoms with Gasteiger partial charge in [-0.1, -0.05) is 12.2 Å². The maximum atomic E-state index is 15.9. The minimum atomic E-state index is -4.38. The Morgan fingerprint density at radius 3 is 2.61 bits per heavy atom. The monoisotopic (exact) mass is 678 g/mol. The molecule has 4 aromatic rings. The third-order valence-corrected chi connectivity index (χ3v) is 8.90. The molecule has 9 atom stereocenters. The summed E-state index contributed by atoms with van der Waals surface area (Å²) in [6, 6.07) is 0. The Morgan fingerprint density at radius 2 is 1.86 bits per heavy atom. The number of ether oxygens (including phenoxy) is 2. The number of halogens is 1. The van der Waals surface area contributed by atoms with Gasteiger partial charge < -0.3 is 35.5 Å². The van der Waals surface area contributed by atoms with Crippen molar-refractivity contribution < 1.29 is 46.6 Å². The van der Waals surface area contributed by atoms with Crippen LogP contribution >= 0.6 is 27.3 Å². The molecule has 4 aromatic heterocycles. The Balaban J connectivity index is 1.15. The standard InChI is InChI=1S/C20H25FN10O10P2S/c21-10-13(9(3-37-42(34)35)40-19(10)31-6-27-12-16(31)28-20(23)29-17(12)33)41-43(36,44)38-2-7-1-8(32)18(39-7)30-5-26-11-14(22)24-4-25-15(11)30/h4-10,13,18-19,32,42H,1-3H2,(H,34,35)(H,36,44)(H2,22,24,25)(H3,23,28,29,33)/t7-,8+,9+,10+,13+,18+,19+,43?/m0/s1. The van der Waals surface area contributed by atoms with E-state index in [4.69, 9.17) is 39.4 Å². The first-order valence-corrected chi connectivity index (χ1v) is 16.7. The molecule has 0 spiro atoms. The summed E-state index contributed by atoms with van der Waals surface area (Å²) < 4.78 is 70.0. The average molecular weight is 678 g/mol. The predicted octanol–water partition coefficient (Wildman–Crippen LogP) is -0.154. The Bertz CT molecular complexity index is 1830. The first kappa shape index (κ1) is 31.0. The number of fused-ring (bicyclic) bond motifs is 2. The van der Waals surface area contributed by atoms with Crippen LogP contribution in [0.2, 0.25) is 0 Å². The number of nitrogen functional groups attached to an aromatic ring is 2. The van der Waals surface area contributed by atoms with E-state index in [9.17, 15) is 19.0 Å². The summed E-state index contributed by atoms with van der Waals surface area (Å²) in [6.07, 6.45) is -5.82. The summed E-state index contributed by atoms with van der Waals surface area (Å²) in [6.45, 7) is -5.41. The molecule has 0 bridgehead atoms. The lowest BCUT2D eigenvalue weighted by Gasteiger charge is -2.23. The van der Waals surface area contributed by atoms with Gasteiger partial charge >= 0.3 is 15.1 Å². The van der Waals surface area contributed by atoms with Crippen molar-refractivity contribution in [2.75, 3.05) is 24.7 Å². The van der Waals surface area contributed by atoms with Gasteiger partial charge in [0.2, 0.25) is 5.95 Å². The Morgan fingerprint density at radius 1 is 1.14 bits per heavy atom. The molecule has 2 unspecified atom stereocenters. The molecule has 0 amide bonds. The van der Waals surface area contributed by atoms with Crippen LogP contribution in [-0.4, -0.2) is 92.8 Å².